The van der Waals surface area contributed by atoms with E-state index in [0.717, 1.165) is 22.8 Å². The average Bonchev–Trinajstić information content (AvgIpc) is 2.83. The van der Waals surface area contributed by atoms with Gasteiger partial charge in [0.25, 0.3) is 0 Å². The Hall–Kier alpha value is -1.83. The van der Waals surface area contributed by atoms with Crippen LogP contribution in [0.25, 0.3) is 10.9 Å². The number of allylic oxidation sites excluding steroid dienone is 2. The largest absolute Gasteiger partial charge is 0.341 e. The molecule has 1 atom stereocenters. The molecule has 0 aliphatic heterocycles. The van der Waals surface area contributed by atoms with Crippen LogP contribution < -0.4 is 0 Å². The third-order valence-corrected chi connectivity index (χ3v) is 3.51. The molecule has 2 heteroatoms. The molecule has 2 nitrogen and oxygen atoms in total. The van der Waals surface area contributed by atoms with Crippen molar-refractivity contribution in [2.75, 3.05) is 0 Å². The van der Waals surface area contributed by atoms with Gasteiger partial charge in [-0.25, -0.2) is 0 Å². The SMILES string of the molecule is O=Cc1cccc2c1ccn2C1C=CCCC1. The Balaban J connectivity index is 2.14. The van der Waals surface area contributed by atoms with E-state index in [2.05, 4.69) is 29.0 Å². The van der Waals surface area contributed by atoms with Crippen molar-refractivity contribution in [3.63, 3.8) is 0 Å². The van der Waals surface area contributed by atoms with Crippen molar-refractivity contribution in [3.05, 3.63) is 48.2 Å². The second kappa shape index (κ2) is 4.21. The fourth-order valence-electron chi connectivity index (χ4n) is 2.63. The highest BCUT2D eigenvalue weighted by atomic mass is 16.1. The molecule has 1 aromatic heterocycles. The van der Waals surface area contributed by atoms with E-state index in [1.807, 2.05) is 18.2 Å². The Kier molecular flexibility index (Phi) is 2.56. The Morgan fingerprint density at radius 1 is 1.29 bits per heavy atom. The first-order valence-electron chi connectivity index (χ1n) is 6.11. The molecule has 1 unspecified atom stereocenters. The number of hydrogen-bond acceptors (Lipinski definition) is 1. The van der Waals surface area contributed by atoms with Gasteiger partial charge in [-0.05, 0) is 31.4 Å². The zero-order valence-electron chi connectivity index (χ0n) is 9.67. The maximum absolute atomic E-state index is 11.0. The summed E-state index contributed by atoms with van der Waals surface area (Å²) >= 11 is 0. The number of aldehydes is 1. The van der Waals surface area contributed by atoms with E-state index < -0.39 is 0 Å². The lowest BCUT2D eigenvalue weighted by atomic mass is 10.0. The average molecular weight is 225 g/mol. The number of aromatic nitrogens is 1. The van der Waals surface area contributed by atoms with Crippen molar-refractivity contribution in [2.45, 2.75) is 25.3 Å². The smallest absolute Gasteiger partial charge is 0.150 e. The fourth-order valence-corrected chi connectivity index (χ4v) is 2.63. The Morgan fingerprint density at radius 3 is 3.00 bits per heavy atom. The van der Waals surface area contributed by atoms with E-state index in [-0.39, 0.29) is 0 Å². The first-order valence-corrected chi connectivity index (χ1v) is 6.11. The van der Waals surface area contributed by atoms with Crippen molar-refractivity contribution < 1.29 is 4.79 Å². The van der Waals surface area contributed by atoms with Crippen LogP contribution in [0.3, 0.4) is 0 Å². The zero-order chi connectivity index (χ0) is 11.7. The van der Waals surface area contributed by atoms with Crippen LogP contribution in [0.1, 0.15) is 35.7 Å². The topological polar surface area (TPSA) is 22.0 Å². The standard InChI is InChI=1S/C15H15NO/c17-11-12-5-4-8-15-14(12)9-10-16(15)13-6-2-1-3-7-13/h2,4-6,8-11,13H,1,3,7H2. The minimum atomic E-state index is 0.447. The van der Waals surface area contributed by atoms with Gasteiger partial charge in [0.2, 0.25) is 0 Å². The third-order valence-electron chi connectivity index (χ3n) is 3.51. The molecule has 0 N–H and O–H groups in total. The van der Waals surface area contributed by atoms with Crippen LogP contribution in [0.4, 0.5) is 0 Å². The summed E-state index contributed by atoms with van der Waals surface area (Å²) in [5.41, 5.74) is 1.94. The molecule has 0 amide bonds. The van der Waals surface area contributed by atoms with Crippen LogP contribution in [0.2, 0.25) is 0 Å². The van der Waals surface area contributed by atoms with Crippen LogP contribution >= 0.6 is 0 Å². The molecule has 0 saturated heterocycles. The molecule has 0 saturated carbocycles. The maximum Gasteiger partial charge on any atom is 0.150 e. The number of carbonyl (C=O) groups excluding carboxylic acids is 1. The number of fused-ring (bicyclic) bond motifs is 1. The number of nitrogens with zero attached hydrogens (tertiary/aromatic N) is 1. The summed E-state index contributed by atoms with van der Waals surface area (Å²) in [7, 11) is 0. The Bertz CT molecular complexity index is 580. The van der Waals surface area contributed by atoms with Gasteiger partial charge in [-0.1, -0.05) is 24.3 Å². The van der Waals surface area contributed by atoms with Gasteiger partial charge >= 0.3 is 0 Å². The van der Waals surface area contributed by atoms with Crippen molar-refractivity contribution in [1.82, 2.24) is 4.57 Å². The van der Waals surface area contributed by atoms with Crippen LogP contribution in [-0.4, -0.2) is 10.9 Å². The van der Waals surface area contributed by atoms with Crippen molar-refractivity contribution in [2.24, 2.45) is 0 Å². The van der Waals surface area contributed by atoms with E-state index in [9.17, 15) is 4.79 Å². The van der Waals surface area contributed by atoms with E-state index in [1.165, 1.54) is 19.3 Å². The van der Waals surface area contributed by atoms with Gasteiger partial charge in [0.15, 0.2) is 6.29 Å². The van der Waals surface area contributed by atoms with Gasteiger partial charge in [-0.15, -0.1) is 0 Å². The molecule has 2 aromatic rings. The molecule has 1 aromatic carbocycles. The van der Waals surface area contributed by atoms with E-state index in [1.54, 1.807) is 0 Å². The number of benzene rings is 1. The monoisotopic (exact) mass is 225 g/mol. The predicted molar refractivity (Wildman–Crippen MR) is 69.4 cm³/mol. The van der Waals surface area contributed by atoms with Gasteiger partial charge in [0.1, 0.15) is 0 Å². The summed E-state index contributed by atoms with van der Waals surface area (Å²) < 4.78 is 2.28. The minimum absolute atomic E-state index is 0.447. The molecule has 0 bridgehead atoms. The molecular weight excluding hydrogens is 210 g/mol. The van der Waals surface area contributed by atoms with Crippen LogP contribution in [-0.2, 0) is 0 Å². The first kappa shape index (κ1) is 10.3. The van der Waals surface area contributed by atoms with Crippen LogP contribution in [0.5, 0.6) is 0 Å². The normalized spacial score (nSPS) is 19.6. The quantitative estimate of drug-likeness (QED) is 0.563. The molecule has 1 aliphatic carbocycles. The van der Waals surface area contributed by atoms with Crippen molar-refractivity contribution in [3.8, 4) is 0 Å². The number of carbonyl (C=O) groups is 1. The molecule has 1 aliphatic rings. The van der Waals surface area contributed by atoms with Gasteiger partial charge in [0.05, 0.1) is 6.04 Å². The Morgan fingerprint density at radius 2 is 2.24 bits per heavy atom. The predicted octanol–water partition coefficient (Wildman–Crippen LogP) is 3.74. The molecule has 0 fully saturated rings. The molecule has 17 heavy (non-hydrogen) atoms. The second-order valence-corrected chi connectivity index (χ2v) is 4.55. The summed E-state index contributed by atoms with van der Waals surface area (Å²) in [5, 5.41) is 1.06. The van der Waals surface area contributed by atoms with E-state index >= 15 is 0 Å². The van der Waals surface area contributed by atoms with Crippen molar-refractivity contribution in [1.29, 1.82) is 0 Å². The lowest BCUT2D eigenvalue weighted by molar-refractivity contribution is 0.112. The first-order chi connectivity index (χ1) is 8.40. The molecular formula is C15H15NO. The summed E-state index contributed by atoms with van der Waals surface area (Å²) in [6.45, 7) is 0. The van der Waals surface area contributed by atoms with Crippen LogP contribution in [0, 0.1) is 0 Å². The highest BCUT2D eigenvalue weighted by Crippen LogP contribution is 2.28. The minimum Gasteiger partial charge on any atom is -0.341 e. The fraction of sp³-hybridized carbons (Fsp3) is 0.267. The number of rotatable bonds is 2. The lowest BCUT2D eigenvalue weighted by Gasteiger charge is -2.19. The van der Waals surface area contributed by atoms with Gasteiger partial charge in [-0.2, -0.15) is 0 Å². The summed E-state index contributed by atoms with van der Waals surface area (Å²) in [4.78, 5) is 11.0. The highest BCUT2D eigenvalue weighted by molar-refractivity contribution is 5.97. The maximum atomic E-state index is 11.0. The van der Waals surface area contributed by atoms with E-state index in [4.69, 9.17) is 0 Å². The Labute approximate surface area is 101 Å². The van der Waals surface area contributed by atoms with Crippen molar-refractivity contribution >= 4 is 17.2 Å². The summed E-state index contributed by atoms with van der Waals surface area (Å²) in [6, 6.07) is 8.40. The molecule has 3 rings (SSSR count). The summed E-state index contributed by atoms with van der Waals surface area (Å²) in [5.74, 6) is 0. The highest BCUT2D eigenvalue weighted by Gasteiger charge is 2.13. The van der Waals surface area contributed by atoms with Gasteiger partial charge in [0, 0.05) is 22.7 Å². The van der Waals surface area contributed by atoms with E-state index in [0.29, 0.717) is 6.04 Å². The third kappa shape index (κ3) is 1.70. The lowest BCUT2D eigenvalue weighted by Crippen LogP contribution is -2.07. The molecule has 86 valence electrons. The second-order valence-electron chi connectivity index (χ2n) is 4.55. The van der Waals surface area contributed by atoms with Gasteiger partial charge < -0.3 is 4.57 Å². The van der Waals surface area contributed by atoms with Crippen LogP contribution in [0.15, 0.2) is 42.6 Å². The molecule has 0 radical (unpaired) electrons. The molecule has 0 spiro atoms. The molecule has 1 heterocycles. The zero-order valence-corrected chi connectivity index (χ0v) is 9.67. The summed E-state index contributed by atoms with van der Waals surface area (Å²) in [6.07, 6.45) is 11.2. The number of hydrogen-bond donors (Lipinski definition) is 0. The van der Waals surface area contributed by atoms with Gasteiger partial charge in [-0.3, -0.25) is 4.79 Å².